The summed E-state index contributed by atoms with van der Waals surface area (Å²) in [6, 6.07) is 97.8. The predicted molar refractivity (Wildman–Crippen MR) is 462 cm³/mol. The number of unbranched alkanes of at least 4 members (excludes halogenated alkanes) is 10. The fourth-order valence-corrected chi connectivity index (χ4v) is 16.8. The van der Waals surface area contributed by atoms with Crippen LogP contribution in [0.4, 0.5) is 34.1 Å². The quantitative estimate of drug-likeness (QED) is 0.0358. The van der Waals surface area contributed by atoms with E-state index in [1.54, 1.807) is 0 Å². The monoisotopic (exact) mass is 1380 g/mol. The summed E-state index contributed by atoms with van der Waals surface area (Å²) in [6.45, 7) is 24.4. The van der Waals surface area contributed by atoms with Crippen molar-refractivity contribution in [1.29, 1.82) is 0 Å². The SMILES string of the molecule is C=Cc1ccc(-c2ccc(N(c3ccc(-c4cc(CCCCCCCC)c(-c5c(CCCCCCCC)cc(-c6ccc(N(c7ccc(-c8ccc(C=C)cc8)cc7)c7ccc(C(C)(CCC)CCC)cc7)cc6)c6ccccc56)c5ccccc45)cc3)c3ccc(C(CCC)CCC)cc3)cc2)cc1. The molecule has 0 aliphatic carbocycles. The van der Waals surface area contributed by atoms with Crippen LogP contribution in [0.25, 0.3) is 89.3 Å². The largest absolute Gasteiger partial charge is 0.311 e. The Balaban J connectivity index is 0.964. The molecule has 12 aromatic carbocycles. The molecular formula is C103H114N2. The van der Waals surface area contributed by atoms with Gasteiger partial charge in [0.2, 0.25) is 0 Å². The summed E-state index contributed by atoms with van der Waals surface area (Å²) in [7, 11) is 0. The van der Waals surface area contributed by atoms with Gasteiger partial charge in [-0.05, 0) is 258 Å². The van der Waals surface area contributed by atoms with Crippen LogP contribution in [0.15, 0.2) is 268 Å². The summed E-state index contributed by atoms with van der Waals surface area (Å²) < 4.78 is 0. The van der Waals surface area contributed by atoms with Crippen LogP contribution in [0.3, 0.4) is 0 Å². The molecule has 0 aromatic heterocycles. The van der Waals surface area contributed by atoms with Gasteiger partial charge in [0.1, 0.15) is 0 Å². The van der Waals surface area contributed by atoms with E-state index in [1.807, 2.05) is 12.2 Å². The molecule has 12 rings (SSSR count). The lowest BCUT2D eigenvalue weighted by Crippen LogP contribution is -2.21. The molecule has 0 aliphatic heterocycles. The van der Waals surface area contributed by atoms with Gasteiger partial charge in [0.25, 0.3) is 0 Å². The number of hydrogen-bond acceptors (Lipinski definition) is 2. The van der Waals surface area contributed by atoms with Crippen molar-refractivity contribution in [3.05, 3.63) is 301 Å². The molecule has 0 saturated heterocycles. The zero-order chi connectivity index (χ0) is 72.9. The average Bonchev–Trinajstić information content (AvgIpc) is 0.733. The van der Waals surface area contributed by atoms with Crippen molar-refractivity contribution in [2.45, 2.75) is 201 Å². The lowest BCUT2D eigenvalue weighted by atomic mass is 9.75. The third kappa shape index (κ3) is 17.8. The standard InChI is InChI=1S/C103H114N2/c1-10-18-20-22-24-26-34-86-74-99(84-54-66-92(67-55-84)104(89-60-48-81(49-61-89)78(32-12-3)33-13-4)90-62-50-82(51-63-90)79-44-40-76(16-7)41-45-79)95-36-28-30-38-97(95)101(86)102-87(35-27-25-23-21-19-11-2)75-100(96-37-29-31-39-98(96)102)85-56-68-93(69-57-85)105(94-70-58-88(59-71-94)103(9,72-14-5)73-15-6)91-64-52-83(53-65-91)80-46-42-77(17-8)43-47-80/h16-17,28-31,36-71,74-75,78H,7-8,10-15,18-27,32-35,72-73H2,1-6,9H3. The third-order valence-corrected chi connectivity index (χ3v) is 22.5. The number of aryl methyl sites for hydroxylation is 2. The number of benzene rings is 12. The van der Waals surface area contributed by atoms with Gasteiger partial charge in [-0.2, -0.15) is 0 Å². The normalized spacial score (nSPS) is 11.6. The Morgan fingerprint density at radius 2 is 0.619 bits per heavy atom. The summed E-state index contributed by atoms with van der Waals surface area (Å²) in [6.07, 6.45) is 30.3. The van der Waals surface area contributed by atoms with Crippen LogP contribution in [0.5, 0.6) is 0 Å². The van der Waals surface area contributed by atoms with Crippen molar-refractivity contribution < 1.29 is 0 Å². The van der Waals surface area contributed by atoms with Gasteiger partial charge >= 0.3 is 0 Å². The van der Waals surface area contributed by atoms with Crippen LogP contribution in [0, 0.1) is 0 Å². The lowest BCUT2D eigenvalue weighted by Gasteiger charge is -2.31. The van der Waals surface area contributed by atoms with Crippen molar-refractivity contribution in [1.82, 2.24) is 0 Å². The van der Waals surface area contributed by atoms with Crippen molar-refractivity contribution >= 4 is 67.8 Å². The fraction of sp³-hybridized carbons (Fsp3) is 0.301. The summed E-state index contributed by atoms with van der Waals surface area (Å²) in [5, 5.41) is 5.27. The average molecular weight is 1380 g/mol. The summed E-state index contributed by atoms with van der Waals surface area (Å²) in [5.41, 5.74) is 27.7. The Morgan fingerprint density at radius 1 is 0.314 bits per heavy atom. The number of fused-ring (bicyclic) bond motifs is 2. The van der Waals surface area contributed by atoms with Gasteiger partial charge in [-0.15, -0.1) is 0 Å². The maximum Gasteiger partial charge on any atom is 0.0462 e. The highest BCUT2D eigenvalue weighted by atomic mass is 15.1. The number of anilines is 6. The molecule has 0 unspecified atom stereocenters. The highest BCUT2D eigenvalue weighted by molar-refractivity contribution is 6.14. The molecule has 0 amide bonds. The molecular weight excluding hydrogens is 1270 g/mol. The highest BCUT2D eigenvalue weighted by Gasteiger charge is 2.27. The zero-order valence-corrected chi connectivity index (χ0v) is 64.3. The van der Waals surface area contributed by atoms with Gasteiger partial charge in [-0.3, -0.25) is 0 Å². The van der Waals surface area contributed by atoms with Crippen molar-refractivity contribution in [2.24, 2.45) is 0 Å². The van der Waals surface area contributed by atoms with E-state index in [9.17, 15) is 0 Å². The van der Waals surface area contributed by atoms with Gasteiger partial charge in [-0.1, -0.05) is 334 Å². The molecule has 0 heterocycles. The summed E-state index contributed by atoms with van der Waals surface area (Å²) >= 11 is 0. The molecule has 0 radical (unpaired) electrons. The third-order valence-electron chi connectivity index (χ3n) is 22.5. The first kappa shape index (κ1) is 74.9. The van der Waals surface area contributed by atoms with Gasteiger partial charge in [0.15, 0.2) is 0 Å². The van der Waals surface area contributed by atoms with Crippen molar-refractivity contribution in [3.63, 3.8) is 0 Å². The molecule has 2 nitrogen and oxygen atoms in total. The van der Waals surface area contributed by atoms with E-state index in [0.29, 0.717) is 5.92 Å². The first-order valence-corrected chi connectivity index (χ1v) is 40.4. The molecule has 105 heavy (non-hydrogen) atoms. The lowest BCUT2D eigenvalue weighted by molar-refractivity contribution is 0.392. The molecule has 12 aromatic rings. The second kappa shape index (κ2) is 36.8. The Hall–Kier alpha value is -9.76. The van der Waals surface area contributed by atoms with Crippen molar-refractivity contribution in [2.75, 3.05) is 9.80 Å². The minimum absolute atomic E-state index is 0.142. The number of nitrogens with zero attached hydrogens (tertiary/aromatic N) is 2. The second-order valence-corrected chi connectivity index (χ2v) is 30.0. The van der Waals surface area contributed by atoms with Gasteiger partial charge in [0.05, 0.1) is 0 Å². The van der Waals surface area contributed by atoms with Gasteiger partial charge in [0, 0.05) is 34.1 Å². The van der Waals surface area contributed by atoms with Gasteiger partial charge in [-0.25, -0.2) is 0 Å². The number of rotatable bonds is 37. The maximum atomic E-state index is 4.00. The molecule has 0 bridgehead atoms. The first-order chi connectivity index (χ1) is 51.6. The fourth-order valence-electron chi connectivity index (χ4n) is 16.8. The summed E-state index contributed by atoms with van der Waals surface area (Å²) in [4.78, 5) is 4.90. The molecule has 0 N–H and O–H groups in total. The first-order valence-electron chi connectivity index (χ1n) is 40.4. The maximum absolute atomic E-state index is 4.00. The van der Waals surface area contributed by atoms with Crippen molar-refractivity contribution in [3.8, 4) is 55.6 Å². The Kier molecular flexibility index (Phi) is 26.3. The molecule has 0 saturated carbocycles. The number of hydrogen-bond donors (Lipinski definition) is 0. The summed E-state index contributed by atoms with van der Waals surface area (Å²) in [5.74, 6) is 0.573. The molecule has 0 aliphatic rings. The minimum atomic E-state index is 0.142. The van der Waals surface area contributed by atoms with Gasteiger partial charge < -0.3 is 9.80 Å². The second-order valence-electron chi connectivity index (χ2n) is 30.0. The molecule has 536 valence electrons. The van der Waals surface area contributed by atoms with E-state index in [1.165, 1.54) is 215 Å². The Labute approximate surface area is 631 Å². The van der Waals surface area contributed by atoms with E-state index in [2.05, 4.69) is 326 Å². The zero-order valence-electron chi connectivity index (χ0n) is 64.3. The molecule has 0 spiro atoms. The van der Waals surface area contributed by atoms with E-state index in [-0.39, 0.29) is 5.41 Å². The minimum Gasteiger partial charge on any atom is -0.311 e. The smallest absolute Gasteiger partial charge is 0.0462 e. The topological polar surface area (TPSA) is 6.48 Å². The molecule has 2 heteroatoms. The Morgan fingerprint density at radius 3 is 0.952 bits per heavy atom. The van der Waals surface area contributed by atoms with E-state index >= 15 is 0 Å². The van der Waals surface area contributed by atoms with Crippen LogP contribution in [-0.4, -0.2) is 0 Å². The van der Waals surface area contributed by atoms with Crippen LogP contribution in [0.1, 0.15) is 216 Å². The van der Waals surface area contributed by atoms with Crippen LogP contribution < -0.4 is 9.80 Å². The van der Waals surface area contributed by atoms with E-state index < -0.39 is 0 Å². The van der Waals surface area contributed by atoms with Crippen LogP contribution >= 0.6 is 0 Å². The Bertz CT molecular complexity index is 4720. The van der Waals surface area contributed by atoms with E-state index in [4.69, 9.17) is 0 Å². The van der Waals surface area contributed by atoms with E-state index in [0.717, 1.165) is 70.9 Å². The molecule has 0 atom stereocenters. The molecule has 0 fully saturated rings. The highest BCUT2D eigenvalue weighted by Crippen LogP contribution is 2.49. The predicted octanol–water partition coefficient (Wildman–Crippen LogP) is 31.9. The van der Waals surface area contributed by atoms with Crippen LogP contribution in [-0.2, 0) is 18.3 Å². The van der Waals surface area contributed by atoms with Crippen LogP contribution in [0.2, 0.25) is 0 Å².